The van der Waals surface area contributed by atoms with Gasteiger partial charge in [0.25, 0.3) is 17.7 Å². The number of rotatable bonds is 44. The maximum absolute atomic E-state index is 12.7. The molecule has 8 aliphatic rings. The van der Waals surface area contributed by atoms with Gasteiger partial charge in [-0.2, -0.15) is 0 Å². The van der Waals surface area contributed by atoms with Crippen molar-refractivity contribution in [1.29, 1.82) is 0 Å². The van der Waals surface area contributed by atoms with Gasteiger partial charge in [-0.15, -0.1) is 0 Å². The van der Waals surface area contributed by atoms with Crippen LogP contribution in [0.4, 0.5) is 22.7 Å². The van der Waals surface area contributed by atoms with Gasteiger partial charge < -0.3 is 89.5 Å². The molecule has 0 fully saturated rings. The van der Waals surface area contributed by atoms with Gasteiger partial charge in [0.05, 0.1) is 17.1 Å². The van der Waals surface area contributed by atoms with E-state index in [1.165, 1.54) is 45.0 Å². The first-order valence-corrected chi connectivity index (χ1v) is 50.2. The van der Waals surface area contributed by atoms with Crippen LogP contribution in [0.25, 0.3) is 5.57 Å². The number of benzene rings is 4. The Kier molecular flexibility index (Phi) is 39.7. The van der Waals surface area contributed by atoms with Crippen LogP contribution in [0, 0.1) is 0 Å². The van der Waals surface area contributed by atoms with Crippen molar-refractivity contribution in [3.05, 3.63) is 242 Å². The number of hydrogen-bond acceptors (Lipinski definition) is 24. The van der Waals surface area contributed by atoms with Crippen LogP contribution in [0.1, 0.15) is 231 Å². The molecule has 4 aromatic carbocycles. The second kappa shape index (κ2) is 53.6. The van der Waals surface area contributed by atoms with Crippen LogP contribution in [0.15, 0.2) is 167 Å². The number of anilines is 1. The normalized spacial score (nSPS) is 16.9. The number of unbranched alkanes of at least 4 members (excludes halogenated alkanes) is 4. The number of aromatic nitrogens is 4. The van der Waals surface area contributed by atoms with Crippen molar-refractivity contribution in [3.63, 3.8) is 0 Å². The minimum atomic E-state index is -1.15. The summed E-state index contributed by atoms with van der Waals surface area (Å²) < 4.78 is 0. The number of aryl methyl sites for hydroxylation is 4. The SMILES string of the molecule is C=C1c2ccccc2NC1C(=O)NC(CCNC(=O)CCCCc1ccc2c(n1)CCNC2)C(=O)O.CC1C(C(=O)NC(CCNC(=O)CCCCc2ccc3c(n2)CCNC3)C(=O)O)=Nc2ccccc21.CC1C(C(=O)NC(CCNC(=O)CCCCc2ccc3c(n2)CCNC3)C(=O)O)=Nc2ccccc21.CC1C(C(=O)NC(CCNC(=O)CCCCc2ccc3c(n2)CCNC3)C(=O)O)=Nc2ccccc21. The molecule has 12 heterocycles. The molecule has 0 bridgehead atoms. The van der Waals surface area contributed by atoms with Crippen molar-refractivity contribution < 1.29 is 78.0 Å². The van der Waals surface area contributed by atoms with Gasteiger partial charge in [0, 0.05) is 204 Å². The Bertz CT molecular complexity index is 5650. The molecule has 4 aromatic heterocycles. The fourth-order valence-corrected chi connectivity index (χ4v) is 18.5. The van der Waals surface area contributed by atoms with E-state index in [0.717, 1.165) is 223 Å². The highest BCUT2D eigenvalue weighted by molar-refractivity contribution is 6.44. The lowest BCUT2D eigenvalue weighted by Gasteiger charge is -2.19. The largest absolute Gasteiger partial charge is 0.480 e. The zero-order chi connectivity index (χ0) is 102. The van der Waals surface area contributed by atoms with E-state index in [2.05, 4.69) is 139 Å². The molecule has 0 radical (unpaired) electrons. The van der Waals surface area contributed by atoms with Gasteiger partial charge in [0.15, 0.2) is 0 Å². The number of nitrogens with zero attached hydrogens (tertiary/aromatic N) is 7. The van der Waals surface area contributed by atoms with Gasteiger partial charge in [-0.05, 0) is 196 Å². The van der Waals surface area contributed by atoms with Crippen LogP contribution >= 0.6 is 0 Å². The Hall–Kier alpha value is -14.5. The number of amides is 8. The van der Waals surface area contributed by atoms with E-state index in [9.17, 15) is 78.0 Å². The van der Waals surface area contributed by atoms with Crippen molar-refractivity contribution >= 4 is 117 Å². The number of carbonyl (C=O) groups is 12. The van der Waals surface area contributed by atoms with Crippen LogP contribution in [-0.4, -0.2) is 211 Å². The first-order valence-electron chi connectivity index (χ1n) is 50.2. The lowest BCUT2D eigenvalue weighted by molar-refractivity contribution is -0.142. The van der Waals surface area contributed by atoms with Crippen molar-refractivity contribution in [2.45, 2.75) is 249 Å². The zero-order valence-electron chi connectivity index (χ0n) is 82.0. The monoisotopic (exact) mass is 1970 g/mol. The predicted molar refractivity (Wildman–Crippen MR) is 546 cm³/mol. The summed E-state index contributed by atoms with van der Waals surface area (Å²) in [4.78, 5) is 178. The van der Waals surface area contributed by atoms with E-state index in [4.69, 9.17) is 19.9 Å². The Morgan fingerprint density at radius 2 is 0.618 bits per heavy atom. The number of fused-ring (bicyclic) bond motifs is 8. The third-order valence-electron chi connectivity index (χ3n) is 26.8. The predicted octanol–water partition coefficient (Wildman–Crippen LogP) is 9.24. The van der Waals surface area contributed by atoms with Crippen molar-refractivity contribution in [1.82, 2.24) is 83.7 Å². The number of carboxylic acids is 4. The summed E-state index contributed by atoms with van der Waals surface area (Å²) in [5.74, 6) is -7.64. The van der Waals surface area contributed by atoms with Crippen LogP contribution < -0.4 is 69.1 Å². The number of pyridine rings is 4. The number of aliphatic carboxylic acids is 4. The standard InChI is InChI=1S/4C27H33N5O4/c4*1-17-20-7-3-4-8-22(20)31-25(17)26(34)32-23(27(35)36)13-15-29-24(33)9-5-2-6-19-11-10-18-16-28-14-12-21(18)30-19/h3*3-4,7-8,10-11,17,23,28H,2,5-6,9,12-16H2,1H3,(H,29,33)(H,32,34)(H,35,36);3-4,7-8,10-11,23,25,28,31H,1-2,5-6,9,12-16H2,(H,29,33)(H,32,34)(H,35,36). The maximum atomic E-state index is 12.7. The van der Waals surface area contributed by atoms with Gasteiger partial charge in [0.2, 0.25) is 29.5 Å². The van der Waals surface area contributed by atoms with Gasteiger partial charge in [0.1, 0.15) is 47.3 Å². The van der Waals surface area contributed by atoms with Gasteiger partial charge >= 0.3 is 23.9 Å². The van der Waals surface area contributed by atoms with Crippen LogP contribution in [0.2, 0.25) is 0 Å². The van der Waals surface area contributed by atoms with E-state index >= 15 is 0 Å². The summed E-state index contributed by atoms with van der Waals surface area (Å²) in [5.41, 5.74) is 22.1. The molecular weight excluding hydrogens is 1830 g/mol. The summed E-state index contributed by atoms with van der Waals surface area (Å²) in [6.45, 7) is 17.6. The van der Waals surface area contributed by atoms with Crippen molar-refractivity contribution in [3.8, 4) is 0 Å². The van der Waals surface area contributed by atoms with Gasteiger partial charge in [-0.25, -0.2) is 34.2 Å². The third kappa shape index (κ3) is 30.8. The molecule has 8 atom stereocenters. The molecule has 36 heteroatoms. The quantitative estimate of drug-likeness (QED) is 0.0158. The highest BCUT2D eigenvalue weighted by Crippen LogP contribution is 2.39. The van der Waals surface area contributed by atoms with Crippen molar-refractivity contribution in [2.75, 3.05) is 57.7 Å². The molecule has 0 saturated heterocycles. The highest BCUT2D eigenvalue weighted by Gasteiger charge is 2.37. The minimum absolute atomic E-state index is 0.0901. The Morgan fingerprint density at radius 1 is 0.347 bits per heavy atom. The first kappa shape index (κ1) is 107. The summed E-state index contributed by atoms with van der Waals surface area (Å²) in [7, 11) is 0. The summed E-state index contributed by atoms with van der Waals surface area (Å²) in [5, 5.41) is 75.9. The minimum Gasteiger partial charge on any atom is -0.480 e. The molecule has 0 aliphatic carbocycles. The molecule has 16 rings (SSSR count). The second-order valence-electron chi connectivity index (χ2n) is 37.2. The van der Waals surface area contributed by atoms with E-state index in [1.54, 1.807) is 0 Å². The molecular formula is C108H132N20O16. The summed E-state index contributed by atoms with van der Waals surface area (Å²) in [6.07, 6.45) is 15.2. The van der Waals surface area contributed by atoms with E-state index in [1.807, 2.05) is 118 Å². The Labute approximate surface area is 837 Å². The summed E-state index contributed by atoms with van der Waals surface area (Å²) >= 11 is 0. The summed E-state index contributed by atoms with van der Waals surface area (Å²) in [6, 6.07) is 41.5. The van der Waals surface area contributed by atoms with E-state index in [0.29, 0.717) is 48.4 Å². The molecule has 8 aromatic rings. The zero-order valence-corrected chi connectivity index (χ0v) is 82.0. The fraction of sp³-hybridized carbons (Fsp3) is 0.435. The topological polar surface area (TPSA) is 531 Å². The lowest BCUT2D eigenvalue weighted by Crippen LogP contribution is -2.48. The molecule has 0 saturated carbocycles. The molecule has 760 valence electrons. The average molecular weight is 1970 g/mol. The third-order valence-corrected chi connectivity index (χ3v) is 26.8. The number of hydrogen-bond donors (Lipinski definition) is 17. The van der Waals surface area contributed by atoms with E-state index in [-0.39, 0.29) is 93.2 Å². The van der Waals surface area contributed by atoms with Gasteiger partial charge in [-0.1, -0.05) is 124 Å². The molecule has 8 unspecified atom stereocenters. The van der Waals surface area contributed by atoms with E-state index < -0.39 is 77.7 Å². The molecule has 8 amide bonds. The van der Waals surface area contributed by atoms with Crippen LogP contribution in [0.5, 0.6) is 0 Å². The second-order valence-corrected chi connectivity index (χ2v) is 37.2. The molecule has 0 spiro atoms. The Balaban J connectivity index is 0.000000161. The Morgan fingerprint density at radius 3 is 0.896 bits per heavy atom. The first-order chi connectivity index (χ1) is 69.7. The van der Waals surface area contributed by atoms with Crippen LogP contribution in [0.3, 0.4) is 0 Å². The average Bonchev–Trinajstić information content (AvgIpc) is 1.67. The fourth-order valence-electron chi connectivity index (χ4n) is 18.5. The number of para-hydroxylation sites is 4. The smallest absolute Gasteiger partial charge is 0.326 e. The van der Waals surface area contributed by atoms with Gasteiger partial charge in [-0.3, -0.25) is 58.3 Å². The number of aliphatic imine (C=N–C) groups is 3. The van der Waals surface area contributed by atoms with Crippen LogP contribution in [-0.2, 0) is 135 Å². The maximum Gasteiger partial charge on any atom is 0.326 e. The molecule has 36 nitrogen and oxygen atoms in total. The molecule has 144 heavy (non-hydrogen) atoms. The lowest BCUT2D eigenvalue weighted by atomic mass is 9.97. The number of carboxylic acid groups (broad SMARTS) is 4. The number of carbonyl (C=O) groups excluding carboxylic acids is 8. The number of nitrogens with one attached hydrogen (secondary N) is 13. The van der Waals surface area contributed by atoms with Crippen molar-refractivity contribution in [2.24, 2.45) is 15.0 Å². The molecule has 8 aliphatic heterocycles. The highest BCUT2D eigenvalue weighted by atomic mass is 16.4. The molecule has 17 N–H and O–H groups in total.